The molecular formula is C21H27N3O4. The molecule has 0 radical (unpaired) electrons. The maximum atomic E-state index is 12.6. The lowest BCUT2D eigenvalue weighted by atomic mass is 9.84. The molecule has 2 aliphatic heterocycles. The van der Waals surface area contributed by atoms with Crippen LogP contribution in [0.2, 0.25) is 0 Å². The molecule has 0 spiro atoms. The number of hydrogen-bond donors (Lipinski definition) is 1. The fourth-order valence-corrected chi connectivity index (χ4v) is 4.04. The molecule has 2 unspecified atom stereocenters. The van der Waals surface area contributed by atoms with Crippen molar-refractivity contribution in [1.29, 1.82) is 5.26 Å². The average molecular weight is 385 g/mol. The molecule has 28 heavy (non-hydrogen) atoms. The Morgan fingerprint density at radius 3 is 2.36 bits per heavy atom. The Morgan fingerprint density at radius 2 is 1.82 bits per heavy atom. The van der Waals surface area contributed by atoms with Gasteiger partial charge in [-0.25, -0.2) is 9.59 Å². The van der Waals surface area contributed by atoms with Crippen LogP contribution in [0.4, 0.5) is 9.59 Å². The molecule has 0 aromatic heterocycles. The van der Waals surface area contributed by atoms with Crippen LogP contribution in [0.3, 0.4) is 0 Å². The highest BCUT2D eigenvalue weighted by Gasteiger charge is 2.52. The van der Waals surface area contributed by atoms with Crippen molar-refractivity contribution < 1.29 is 19.1 Å². The number of rotatable bonds is 3. The molecule has 2 heterocycles. The van der Waals surface area contributed by atoms with Crippen LogP contribution in [0.15, 0.2) is 30.3 Å². The number of ether oxygens (including phenoxy) is 2. The Kier molecular flexibility index (Phi) is 5.50. The summed E-state index contributed by atoms with van der Waals surface area (Å²) in [5.74, 6) is 0. The van der Waals surface area contributed by atoms with Crippen molar-refractivity contribution in [3.05, 3.63) is 35.9 Å². The number of carbonyl (C=O) groups excluding carboxylic acids is 2. The van der Waals surface area contributed by atoms with Gasteiger partial charge in [-0.05, 0) is 39.2 Å². The van der Waals surface area contributed by atoms with Crippen LogP contribution in [0.25, 0.3) is 0 Å². The summed E-state index contributed by atoms with van der Waals surface area (Å²) >= 11 is 0. The summed E-state index contributed by atoms with van der Waals surface area (Å²) in [6.45, 7) is 5.65. The summed E-state index contributed by atoms with van der Waals surface area (Å²) in [7, 11) is 0. The monoisotopic (exact) mass is 385 g/mol. The third-order valence-corrected chi connectivity index (χ3v) is 5.16. The lowest BCUT2D eigenvalue weighted by molar-refractivity contribution is 0.000595. The summed E-state index contributed by atoms with van der Waals surface area (Å²) in [5.41, 5.74) is -0.721. The number of nitrogens with zero attached hydrogens (tertiary/aromatic N) is 2. The van der Waals surface area contributed by atoms with E-state index in [2.05, 4.69) is 11.4 Å². The van der Waals surface area contributed by atoms with Crippen molar-refractivity contribution in [3.8, 4) is 6.07 Å². The second kappa shape index (κ2) is 7.70. The highest BCUT2D eigenvalue weighted by atomic mass is 16.6. The predicted molar refractivity (Wildman–Crippen MR) is 102 cm³/mol. The van der Waals surface area contributed by atoms with E-state index in [-0.39, 0.29) is 24.8 Å². The van der Waals surface area contributed by atoms with Gasteiger partial charge in [0.25, 0.3) is 0 Å². The zero-order chi connectivity index (χ0) is 20.4. The van der Waals surface area contributed by atoms with Gasteiger partial charge in [0, 0.05) is 24.9 Å². The lowest BCUT2D eigenvalue weighted by Crippen LogP contribution is -2.60. The van der Waals surface area contributed by atoms with Crippen LogP contribution >= 0.6 is 0 Å². The second-order valence-electron chi connectivity index (χ2n) is 8.56. The Balaban J connectivity index is 1.62. The molecule has 3 rings (SSSR count). The first kappa shape index (κ1) is 20.0. The summed E-state index contributed by atoms with van der Waals surface area (Å²) < 4.78 is 10.8. The molecule has 2 amide bonds. The van der Waals surface area contributed by atoms with Crippen LogP contribution in [-0.2, 0) is 16.1 Å². The summed E-state index contributed by atoms with van der Waals surface area (Å²) in [6, 6.07) is 11.4. The Morgan fingerprint density at radius 1 is 1.21 bits per heavy atom. The van der Waals surface area contributed by atoms with Gasteiger partial charge in [-0.1, -0.05) is 30.3 Å². The lowest BCUT2D eigenvalue weighted by Gasteiger charge is -2.43. The summed E-state index contributed by atoms with van der Waals surface area (Å²) in [5, 5.41) is 12.6. The number of amides is 2. The van der Waals surface area contributed by atoms with Crippen LogP contribution in [-0.4, -0.2) is 40.3 Å². The van der Waals surface area contributed by atoms with E-state index >= 15 is 0 Å². The smallest absolute Gasteiger partial charge is 0.410 e. The van der Waals surface area contributed by atoms with Crippen molar-refractivity contribution in [2.45, 2.75) is 76.3 Å². The van der Waals surface area contributed by atoms with Gasteiger partial charge in [0.15, 0.2) is 0 Å². The fraction of sp³-hybridized carbons (Fsp3) is 0.571. The first-order valence-electron chi connectivity index (χ1n) is 9.63. The number of nitriles is 1. The molecule has 2 fully saturated rings. The van der Waals surface area contributed by atoms with E-state index in [1.807, 2.05) is 51.1 Å². The van der Waals surface area contributed by atoms with Gasteiger partial charge in [0.1, 0.15) is 17.7 Å². The Labute approximate surface area is 165 Å². The molecule has 2 saturated heterocycles. The maximum Gasteiger partial charge on any atom is 0.410 e. The Hall–Kier alpha value is -2.75. The predicted octanol–water partition coefficient (Wildman–Crippen LogP) is 3.74. The fourth-order valence-electron chi connectivity index (χ4n) is 4.04. The molecule has 1 aromatic rings. The molecular weight excluding hydrogens is 358 g/mol. The first-order chi connectivity index (χ1) is 13.2. The summed E-state index contributed by atoms with van der Waals surface area (Å²) in [4.78, 5) is 26.6. The van der Waals surface area contributed by atoms with Crippen molar-refractivity contribution in [1.82, 2.24) is 10.2 Å². The topological polar surface area (TPSA) is 91.7 Å². The van der Waals surface area contributed by atoms with Gasteiger partial charge < -0.3 is 19.7 Å². The molecule has 2 atom stereocenters. The molecule has 7 heteroatoms. The highest BCUT2D eigenvalue weighted by molar-refractivity contribution is 5.71. The van der Waals surface area contributed by atoms with E-state index < -0.39 is 17.2 Å². The summed E-state index contributed by atoms with van der Waals surface area (Å²) in [6.07, 6.45) is 1.38. The highest BCUT2D eigenvalue weighted by Crippen LogP contribution is 2.41. The Bertz CT molecular complexity index is 752. The molecule has 150 valence electrons. The number of hydrogen-bond acceptors (Lipinski definition) is 5. The van der Waals surface area contributed by atoms with Crippen LogP contribution < -0.4 is 5.32 Å². The van der Waals surface area contributed by atoms with Crippen molar-refractivity contribution in [2.24, 2.45) is 0 Å². The van der Waals surface area contributed by atoms with Crippen LogP contribution in [0.5, 0.6) is 0 Å². The normalized spacial score (nSPS) is 26.3. The molecule has 7 nitrogen and oxygen atoms in total. The van der Waals surface area contributed by atoms with Gasteiger partial charge >= 0.3 is 12.2 Å². The van der Waals surface area contributed by atoms with Gasteiger partial charge in [-0.15, -0.1) is 0 Å². The minimum absolute atomic E-state index is 0.123. The number of nitrogens with one attached hydrogen (secondary N) is 1. The molecule has 2 bridgehead atoms. The zero-order valence-corrected chi connectivity index (χ0v) is 16.6. The van der Waals surface area contributed by atoms with Gasteiger partial charge in [-0.3, -0.25) is 0 Å². The van der Waals surface area contributed by atoms with Crippen molar-refractivity contribution in [3.63, 3.8) is 0 Å². The quantitative estimate of drug-likeness (QED) is 0.856. The maximum absolute atomic E-state index is 12.6. The van der Waals surface area contributed by atoms with Crippen LogP contribution in [0, 0.1) is 11.3 Å². The third-order valence-electron chi connectivity index (χ3n) is 5.16. The number of carbonyl (C=O) groups is 2. The SMILES string of the molecule is CC(C)(C)OC(=O)N1C2CCC1CC(C#N)(NC(=O)OCc1ccccc1)C2. The van der Waals surface area contributed by atoms with E-state index in [1.54, 1.807) is 4.90 Å². The van der Waals surface area contributed by atoms with Gasteiger partial charge in [-0.2, -0.15) is 5.26 Å². The van der Waals surface area contributed by atoms with E-state index in [0.717, 1.165) is 18.4 Å². The van der Waals surface area contributed by atoms with Crippen molar-refractivity contribution in [2.75, 3.05) is 0 Å². The minimum Gasteiger partial charge on any atom is -0.445 e. The zero-order valence-electron chi connectivity index (χ0n) is 16.6. The minimum atomic E-state index is -1.03. The van der Waals surface area contributed by atoms with E-state index in [4.69, 9.17) is 9.47 Å². The van der Waals surface area contributed by atoms with E-state index in [1.165, 1.54) is 0 Å². The number of benzene rings is 1. The second-order valence-corrected chi connectivity index (χ2v) is 8.56. The largest absolute Gasteiger partial charge is 0.445 e. The van der Waals surface area contributed by atoms with Gasteiger partial charge in [0.2, 0.25) is 0 Å². The molecule has 1 aromatic carbocycles. The van der Waals surface area contributed by atoms with E-state index in [9.17, 15) is 14.9 Å². The van der Waals surface area contributed by atoms with Crippen molar-refractivity contribution >= 4 is 12.2 Å². The molecule has 2 aliphatic rings. The molecule has 0 aliphatic carbocycles. The number of alkyl carbamates (subject to hydrolysis) is 1. The standard InChI is InChI=1S/C21H27N3O4/c1-20(2,3)28-19(26)24-16-9-10-17(24)12-21(11-16,14-22)23-18(25)27-13-15-7-5-4-6-8-15/h4-8,16-17H,9-13H2,1-3H3,(H,23,25). The molecule has 1 N–H and O–H groups in total. The third kappa shape index (κ3) is 4.56. The number of piperidine rings is 1. The first-order valence-corrected chi connectivity index (χ1v) is 9.63. The van der Waals surface area contributed by atoms with Gasteiger partial charge in [0.05, 0.1) is 6.07 Å². The number of fused-ring (bicyclic) bond motifs is 2. The van der Waals surface area contributed by atoms with E-state index in [0.29, 0.717) is 12.8 Å². The van der Waals surface area contributed by atoms with Crippen LogP contribution in [0.1, 0.15) is 52.0 Å². The average Bonchev–Trinajstić information content (AvgIpc) is 2.92. The molecule has 0 saturated carbocycles.